The number of pyridine rings is 1. The van der Waals surface area contributed by atoms with E-state index in [1.165, 1.54) is 0 Å². The van der Waals surface area contributed by atoms with Crippen LogP contribution in [0.4, 0.5) is 0 Å². The number of hydrogen-bond acceptors (Lipinski definition) is 3. The van der Waals surface area contributed by atoms with E-state index in [9.17, 15) is 5.11 Å². The van der Waals surface area contributed by atoms with Crippen LogP contribution < -0.4 is 4.74 Å². The lowest BCUT2D eigenvalue weighted by Crippen LogP contribution is -2.28. The molecule has 1 aliphatic carbocycles. The van der Waals surface area contributed by atoms with E-state index in [0.29, 0.717) is 12.5 Å². The van der Waals surface area contributed by atoms with Gasteiger partial charge in [0.2, 0.25) is 5.88 Å². The van der Waals surface area contributed by atoms with Crippen LogP contribution in [0.2, 0.25) is 0 Å². The summed E-state index contributed by atoms with van der Waals surface area (Å²) in [5, 5.41) is 10.4. The Kier molecular flexibility index (Phi) is 2.97. The number of ether oxygens (including phenoxy) is 1. The van der Waals surface area contributed by atoms with Crippen molar-refractivity contribution < 1.29 is 9.84 Å². The zero-order valence-electron chi connectivity index (χ0n) is 9.57. The first-order valence-corrected chi connectivity index (χ1v) is 5.69. The van der Waals surface area contributed by atoms with E-state index in [1.807, 2.05) is 19.1 Å². The Morgan fingerprint density at radius 1 is 1.62 bits per heavy atom. The number of rotatable bonds is 3. The second-order valence-corrected chi connectivity index (χ2v) is 4.06. The van der Waals surface area contributed by atoms with E-state index in [4.69, 9.17) is 4.74 Å². The zero-order valence-corrected chi connectivity index (χ0v) is 9.57. The Morgan fingerprint density at radius 3 is 3.12 bits per heavy atom. The second-order valence-electron chi connectivity index (χ2n) is 4.06. The molecule has 3 heteroatoms. The standard InChI is InChI=1S/C13H17NO2/c1-3-13(15)9-5-6-11-10(13)7-8-12(14-11)16-4-2/h3,7-8,15H,1,4-6,9H2,2H3/t13-/m1/s1. The zero-order chi connectivity index (χ0) is 11.6. The van der Waals surface area contributed by atoms with Gasteiger partial charge in [-0.05, 0) is 32.3 Å². The molecule has 1 atom stereocenters. The van der Waals surface area contributed by atoms with Gasteiger partial charge in [0, 0.05) is 11.6 Å². The molecule has 3 nitrogen and oxygen atoms in total. The minimum Gasteiger partial charge on any atom is -0.478 e. The predicted molar refractivity (Wildman–Crippen MR) is 62.4 cm³/mol. The summed E-state index contributed by atoms with van der Waals surface area (Å²) < 4.78 is 5.36. The molecule has 0 bridgehead atoms. The van der Waals surface area contributed by atoms with Crippen molar-refractivity contribution >= 4 is 0 Å². The van der Waals surface area contributed by atoms with Crippen LogP contribution in [0.15, 0.2) is 24.8 Å². The summed E-state index contributed by atoms with van der Waals surface area (Å²) in [5.41, 5.74) is 0.891. The molecule has 2 rings (SSSR count). The van der Waals surface area contributed by atoms with Crippen molar-refractivity contribution in [1.29, 1.82) is 0 Å². The molecule has 0 unspecified atom stereocenters. The fourth-order valence-electron chi connectivity index (χ4n) is 2.17. The van der Waals surface area contributed by atoms with E-state index in [0.717, 1.165) is 30.5 Å². The molecule has 0 amide bonds. The van der Waals surface area contributed by atoms with Crippen LogP contribution in [0.3, 0.4) is 0 Å². The summed E-state index contributed by atoms with van der Waals surface area (Å²) in [7, 11) is 0. The molecular weight excluding hydrogens is 202 g/mol. The van der Waals surface area contributed by atoms with Gasteiger partial charge in [0.25, 0.3) is 0 Å². The quantitative estimate of drug-likeness (QED) is 0.792. The number of aryl methyl sites for hydroxylation is 1. The van der Waals surface area contributed by atoms with Crippen molar-refractivity contribution in [2.75, 3.05) is 6.61 Å². The van der Waals surface area contributed by atoms with Gasteiger partial charge in [0.1, 0.15) is 5.60 Å². The highest BCUT2D eigenvalue weighted by molar-refractivity contribution is 5.35. The summed E-state index contributed by atoms with van der Waals surface area (Å²) in [5.74, 6) is 0.634. The van der Waals surface area contributed by atoms with Gasteiger partial charge in [-0.1, -0.05) is 12.7 Å². The van der Waals surface area contributed by atoms with E-state index in [1.54, 1.807) is 6.08 Å². The van der Waals surface area contributed by atoms with Crippen LogP contribution in [0.1, 0.15) is 31.0 Å². The molecule has 0 saturated heterocycles. The van der Waals surface area contributed by atoms with Crippen molar-refractivity contribution in [3.63, 3.8) is 0 Å². The Bertz CT molecular complexity index is 403. The first-order valence-electron chi connectivity index (χ1n) is 5.69. The molecule has 86 valence electrons. The first kappa shape index (κ1) is 11.1. The average Bonchev–Trinajstić information content (AvgIpc) is 2.30. The Morgan fingerprint density at radius 2 is 2.44 bits per heavy atom. The minimum absolute atomic E-state index is 0.609. The van der Waals surface area contributed by atoms with E-state index in [2.05, 4.69) is 11.6 Å². The maximum Gasteiger partial charge on any atom is 0.213 e. The number of aromatic nitrogens is 1. The smallest absolute Gasteiger partial charge is 0.213 e. The van der Waals surface area contributed by atoms with Gasteiger partial charge >= 0.3 is 0 Å². The Balaban J connectivity index is 2.40. The van der Waals surface area contributed by atoms with Crippen molar-refractivity contribution in [3.05, 3.63) is 36.0 Å². The van der Waals surface area contributed by atoms with Gasteiger partial charge < -0.3 is 9.84 Å². The van der Waals surface area contributed by atoms with Crippen molar-refractivity contribution in [3.8, 4) is 5.88 Å². The summed E-state index contributed by atoms with van der Waals surface area (Å²) in [4.78, 5) is 4.42. The van der Waals surface area contributed by atoms with Crippen LogP contribution in [0, 0.1) is 0 Å². The van der Waals surface area contributed by atoms with Gasteiger partial charge in [-0.3, -0.25) is 0 Å². The number of fused-ring (bicyclic) bond motifs is 1. The van der Waals surface area contributed by atoms with E-state index < -0.39 is 5.60 Å². The van der Waals surface area contributed by atoms with Crippen LogP contribution in [-0.4, -0.2) is 16.7 Å². The molecule has 1 aromatic rings. The lowest BCUT2D eigenvalue weighted by molar-refractivity contribution is 0.0692. The third-order valence-corrected chi connectivity index (χ3v) is 3.02. The van der Waals surface area contributed by atoms with Crippen LogP contribution in [0.25, 0.3) is 0 Å². The fourth-order valence-corrected chi connectivity index (χ4v) is 2.17. The highest BCUT2D eigenvalue weighted by Crippen LogP contribution is 2.36. The number of nitrogens with zero attached hydrogens (tertiary/aromatic N) is 1. The Labute approximate surface area is 95.8 Å². The third-order valence-electron chi connectivity index (χ3n) is 3.02. The topological polar surface area (TPSA) is 42.4 Å². The van der Waals surface area contributed by atoms with E-state index in [-0.39, 0.29) is 0 Å². The highest BCUT2D eigenvalue weighted by atomic mass is 16.5. The molecule has 1 N–H and O–H groups in total. The fraction of sp³-hybridized carbons (Fsp3) is 0.462. The second kappa shape index (κ2) is 4.26. The molecule has 16 heavy (non-hydrogen) atoms. The number of aliphatic hydroxyl groups is 1. The maximum absolute atomic E-state index is 10.4. The maximum atomic E-state index is 10.4. The largest absolute Gasteiger partial charge is 0.478 e. The monoisotopic (exact) mass is 219 g/mol. The molecule has 0 fully saturated rings. The molecule has 1 aliphatic rings. The van der Waals surface area contributed by atoms with Crippen LogP contribution in [-0.2, 0) is 12.0 Å². The summed E-state index contributed by atoms with van der Waals surface area (Å²) in [6.45, 7) is 6.25. The molecule has 0 aromatic carbocycles. The summed E-state index contributed by atoms with van der Waals surface area (Å²) in [6.07, 6.45) is 4.15. The van der Waals surface area contributed by atoms with Gasteiger partial charge in [0.15, 0.2) is 0 Å². The van der Waals surface area contributed by atoms with Gasteiger partial charge in [-0.15, -0.1) is 0 Å². The molecule has 0 radical (unpaired) electrons. The molecule has 1 aromatic heterocycles. The van der Waals surface area contributed by atoms with Gasteiger partial charge in [0.05, 0.1) is 12.3 Å². The molecular formula is C13H17NO2. The summed E-state index contributed by atoms with van der Waals surface area (Å²) in [6, 6.07) is 3.70. The normalized spacial score (nSPS) is 23.6. The lowest BCUT2D eigenvalue weighted by atomic mass is 9.82. The lowest BCUT2D eigenvalue weighted by Gasteiger charge is -2.31. The van der Waals surface area contributed by atoms with Crippen molar-refractivity contribution in [2.24, 2.45) is 0 Å². The minimum atomic E-state index is -0.911. The average molecular weight is 219 g/mol. The van der Waals surface area contributed by atoms with E-state index >= 15 is 0 Å². The summed E-state index contributed by atoms with van der Waals surface area (Å²) >= 11 is 0. The third kappa shape index (κ3) is 1.83. The SMILES string of the molecule is C=C[C@@]1(O)CCCc2nc(OCC)ccc21. The van der Waals surface area contributed by atoms with Crippen LogP contribution in [0.5, 0.6) is 5.88 Å². The first-order chi connectivity index (χ1) is 7.69. The van der Waals surface area contributed by atoms with Crippen molar-refractivity contribution in [1.82, 2.24) is 4.98 Å². The Hall–Kier alpha value is -1.35. The van der Waals surface area contributed by atoms with Gasteiger partial charge in [-0.2, -0.15) is 0 Å². The van der Waals surface area contributed by atoms with Crippen LogP contribution >= 0.6 is 0 Å². The van der Waals surface area contributed by atoms with Crippen molar-refractivity contribution in [2.45, 2.75) is 31.8 Å². The molecule has 1 heterocycles. The highest BCUT2D eigenvalue weighted by Gasteiger charge is 2.32. The molecule has 0 aliphatic heterocycles. The predicted octanol–water partition coefficient (Wildman–Crippen LogP) is 2.19. The van der Waals surface area contributed by atoms with Gasteiger partial charge in [-0.25, -0.2) is 4.98 Å². The molecule has 0 spiro atoms. The number of hydrogen-bond donors (Lipinski definition) is 1. The molecule has 0 saturated carbocycles.